The van der Waals surface area contributed by atoms with Gasteiger partial charge < -0.3 is 5.32 Å². The Balaban J connectivity index is 2.05. The highest BCUT2D eigenvalue weighted by Gasteiger charge is 2.40. The van der Waals surface area contributed by atoms with Crippen molar-refractivity contribution in [3.05, 3.63) is 27.8 Å². The van der Waals surface area contributed by atoms with Gasteiger partial charge in [0.1, 0.15) is 5.25 Å². The second-order valence-corrected chi connectivity index (χ2v) is 8.59. The number of amidine groups is 1. The second kappa shape index (κ2) is 8.33. The number of aliphatic imine (C=N–C) groups is 1. The fraction of sp³-hybridized carbons (Fsp3) is 0.471. The zero-order valence-corrected chi connectivity index (χ0v) is 17.2. The molecule has 7 heteroatoms. The molecule has 1 heterocycles. The highest BCUT2D eigenvalue weighted by molar-refractivity contribution is 14.1. The molecule has 1 aliphatic rings. The van der Waals surface area contributed by atoms with Crippen LogP contribution in [-0.2, 0) is 9.59 Å². The van der Waals surface area contributed by atoms with Crippen LogP contribution in [0.4, 0.5) is 5.69 Å². The lowest BCUT2D eigenvalue weighted by Gasteiger charge is -2.21. The van der Waals surface area contributed by atoms with E-state index in [9.17, 15) is 9.59 Å². The number of rotatable bonds is 5. The third kappa shape index (κ3) is 4.95. The van der Waals surface area contributed by atoms with Crippen molar-refractivity contribution in [2.45, 2.75) is 51.4 Å². The van der Waals surface area contributed by atoms with Crippen molar-refractivity contribution >= 4 is 57.0 Å². The van der Waals surface area contributed by atoms with Crippen LogP contribution in [0, 0.1) is 3.57 Å². The van der Waals surface area contributed by atoms with Gasteiger partial charge in [0.25, 0.3) is 0 Å². The average Bonchev–Trinajstić information content (AvgIpc) is 2.76. The van der Waals surface area contributed by atoms with Gasteiger partial charge >= 0.3 is 0 Å². The van der Waals surface area contributed by atoms with Gasteiger partial charge in [0.15, 0.2) is 5.17 Å². The van der Waals surface area contributed by atoms with Gasteiger partial charge in [0.2, 0.25) is 11.8 Å². The summed E-state index contributed by atoms with van der Waals surface area (Å²) in [4.78, 5) is 31.1. The molecule has 5 nitrogen and oxygen atoms in total. The summed E-state index contributed by atoms with van der Waals surface area (Å²) in [6.07, 6.45) is 0.149. The van der Waals surface area contributed by atoms with Gasteiger partial charge in [-0.3, -0.25) is 19.5 Å². The van der Waals surface area contributed by atoms with E-state index in [1.54, 1.807) is 4.90 Å². The zero-order valence-electron chi connectivity index (χ0n) is 14.2. The first-order valence-electron chi connectivity index (χ1n) is 7.91. The van der Waals surface area contributed by atoms with Crippen molar-refractivity contribution in [2.75, 3.05) is 5.32 Å². The van der Waals surface area contributed by atoms with Gasteiger partial charge in [0, 0.05) is 27.8 Å². The van der Waals surface area contributed by atoms with Gasteiger partial charge in [-0.2, -0.15) is 0 Å². The summed E-state index contributed by atoms with van der Waals surface area (Å²) in [6, 6.07) is 7.72. The molecule has 1 unspecified atom stereocenters. The minimum Gasteiger partial charge on any atom is -0.326 e. The largest absolute Gasteiger partial charge is 0.326 e. The maximum atomic E-state index is 12.6. The van der Waals surface area contributed by atoms with E-state index in [4.69, 9.17) is 0 Å². The lowest BCUT2D eigenvalue weighted by atomic mass is 10.2. The maximum absolute atomic E-state index is 12.6. The van der Waals surface area contributed by atoms with Gasteiger partial charge in [-0.25, -0.2) is 0 Å². The van der Waals surface area contributed by atoms with E-state index in [2.05, 4.69) is 32.9 Å². The maximum Gasteiger partial charge on any atom is 0.242 e. The summed E-state index contributed by atoms with van der Waals surface area (Å²) in [5.74, 6) is -0.191. The van der Waals surface area contributed by atoms with Crippen LogP contribution >= 0.6 is 34.4 Å². The molecule has 24 heavy (non-hydrogen) atoms. The minimum absolute atomic E-state index is 0.0340. The summed E-state index contributed by atoms with van der Waals surface area (Å²) in [6.45, 7) is 7.88. The van der Waals surface area contributed by atoms with Crippen LogP contribution in [0.1, 0.15) is 34.1 Å². The molecule has 0 aliphatic carbocycles. The molecule has 130 valence electrons. The zero-order chi connectivity index (χ0) is 17.9. The van der Waals surface area contributed by atoms with E-state index in [0.717, 1.165) is 14.4 Å². The molecular weight excluding hydrogens is 437 g/mol. The van der Waals surface area contributed by atoms with Crippen molar-refractivity contribution in [1.82, 2.24) is 4.90 Å². The fourth-order valence-electron chi connectivity index (χ4n) is 2.32. The minimum atomic E-state index is -0.409. The number of halogens is 1. The highest BCUT2D eigenvalue weighted by atomic mass is 127. The predicted molar refractivity (Wildman–Crippen MR) is 108 cm³/mol. The number of carbonyl (C=O) groups is 2. The molecule has 0 spiro atoms. The Morgan fingerprint density at radius 3 is 2.46 bits per heavy atom. The van der Waals surface area contributed by atoms with Crippen LogP contribution < -0.4 is 5.32 Å². The standard InChI is InChI=1S/C17H22IN3O2S/c1-10(2)19-17-21(11(3)4)16(23)14(24-17)9-15(22)20-13-7-5-12(18)6-8-13/h5-8,10-11,14H,9H2,1-4H3,(H,20,22). The van der Waals surface area contributed by atoms with Crippen LogP contribution in [0.5, 0.6) is 0 Å². The monoisotopic (exact) mass is 459 g/mol. The van der Waals surface area contributed by atoms with E-state index < -0.39 is 5.25 Å². The van der Waals surface area contributed by atoms with Gasteiger partial charge in [-0.1, -0.05) is 11.8 Å². The van der Waals surface area contributed by atoms with Crippen molar-refractivity contribution in [3.63, 3.8) is 0 Å². The molecule has 2 amide bonds. The molecule has 1 aromatic carbocycles. The molecule has 0 radical (unpaired) electrons. The number of amides is 2. The molecule has 1 fully saturated rings. The van der Waals surface area contributed by atoms with Crippen molar-refractivity contribution in [3.8, 4) is 0 Å². The number of thioether (sulfide) groups is 1. The molecule has 0 saturated carbocycles. The molecule has 1 N–H and O–H groups in total. The van der Waals surface area contributed by atoms with E-state index in [-0.39, 0.29) is 30.3 Å². The van der Waals surface area contributed by atoms with Crippen molar-refractivity contribution in [1.29, 1.82) is 0 Å². The Morgan fingerprint density at radius 2 is 1.92 bits per heavy atom. The van der Waals surface area contributed by atoms with Crippen molar-refractivity contribution < 1.29 is 9.59 Å². The smallest absolute Gasteiger partial charge is 0.242 e. The SMILES string of the molecule is CC(C)N=C1SC(CC(=O)Nc2ccc(I)cc2)C(=O)N1C(C)C. The normalized spacial score (nSPS) is 19.6. The molecule has 0 aromatic heterocycles. The number of nitrogens with one attached hydrogen (secondary N) is 1. The van der Waals surface area contributed by atoms with Gasteiger partial charge in [-0.05, 0) is 74.6 Å². The fourth-order valence-corrected chi connectivity index (χ4v) is 4.06. The van der Waals surface area contributed by atoms with Gasteiger partial charge in [-0.15, -0.1) is 0 Å². The number of nitrogens with zero attached hydrogens (tertiary/aromatic N) is 2. The Labute approximate surface area is 160 Å². The first kappa shape index (κ1) is 19.2. The first-order chi connectivity index (χ1) is 11.3. The van der Waals surface area contributed by atoms with E-state index >= 15 is 0 Å². The van der Waals surface area contributed by atoms with Crippen LogP contribution in [0.3, 0.4) is 0 Å². The van der Waals surface area contributed by atoms with Crippen LogP contribution in [0.2, 0.25) is 0 Å². The Bertz CT molecular complexity index is 644. The van der Waals surface area contributed by atoms with E-state index in [1.165, 1.54) is 11.8 Å². The Morgan fingerprint density at radius 1 is 1.29 bits per heavy atom. The number of carbonyl (C=O) groups excluding carboxylic acids is 2. The number of hydrogen-bond acceptors (Lipinski definition) is 4. The molecule has 2 rings (SSSR count). The quantitative estimate of drug-likeness (QED) is 0.683. The van der Waals surface area contributed by atoms with Gasteiger partial charge in [0.05, 0.1) is 0 Å². The third-order valence-electron chi connectivity index (χ3n) is 3.35. The molecule has 1 atom stereocenters. The molecule has 1 aliphatic heterocycles. The molecular formula is C17H22IN3O2S. The van der Waals surface area contributed by atoms with E-state index in [1.807, 2.05) is 52.0 Å². The van der Waals surface area contributed by atoms with Crippen LogP contribution in [0.25, 0.3) is 0 Å². The predicted octanol–water partition coefficient (Wildman–Crippen LogP) is 3.74. The van der Waals surface area contributed by atoms with E-state index in [0.29, 0.717) is 0 Å². The Kier molecular flexibility index (Phi) is 6.68. The number of anilines is 1. The first-order valence-corrected chi connectivity index (χ1v) is 9.86. The lowest BCUT2D eigenvalue weighted by molar-refractivity contribution is -0.129. The summed E-state index contributed by atoms with van der Waals surface area (Å²) in [5.41, 5.74) is 0.743. The summed E-state index contributed by atoms with van der Waals surface area (Å²) in [5, 5.41) is 3.16. The molecule has 1 aromatic rings. The summed E-state index contributed by atoms with van der Waals surface area (Å²) < 4.78 is 1.11. The number of benzene rings is 1. The second-order valence-electron chi connectivity index (χ2n) is 6.17. The summed E-state index contributed by atoms with van der Waals surface area (Å²) in [7, 11) is 0. The lowest BCUT2D eigenvalue weighted by Crippen LogP contribution is -2.38. The van der Waals surface area contributed by atoms with Crippen molar-refractivity contribution in [2.24, 2.45) is 4.99 Å². The average molecular weight is 459 g/mol. The molecule has 1 saturated heterocycles. The van der Waals surface area contributed by atoms with Crippen LogP contribution in [-0.4, -0.2) is 39.2 Å². The third-order valence-corrected chi connectivity index (χ3v) is 5.24. The molecule has 0 bridgehead atoms. The Hall–Kier alpha value is -1.09. The highest BCUT2D eigenvalue weighted by Crippen LogP contribution is 2.31. The topological polar surface area (TPSA) is 61.8 Å². The summed E-state index contributed by atoms with van der Waals surface area (Å²) >= 11 is 3.60. The number of hydrogen-bond donors (Lipinski definition) is 1. The van der Waals surface area contributed by atoms with Crippen LogP contribution in [0.15, 0.2) is 29.3 Å².